The molecule has 10 heteroatoms. The van der Waals surface area contributed by atoms with Gasteiger partial charge in [-0.15, -0.1) is 0 Å². The fourth-order valence-electron chi connectivity index (χ4n) is 4.47. The molecule has 8 nitrogen and oxygen atoms in total. The molecule has 164 valence electrons. The highest BCUT2D eigenvalue weighted by Crippen LogP contribution is 2.28. The summed E-state index contributed by atoms with van der Waals surface area (Å²) in [7, 11) is 0. The number of nitrogens with zero attached hydrogens (tertiary/aromatic N) is 6. The number of amides is 1. The minimum atomic E-state index is -0.492. The number of aromatic nitrogens is 4. The van der Waals surface area contributed by atoms with Crippen LogP contribution in [0.3, 0.4) is 0 Å². The first-order valence-electron chi connectivity index (χ1n) is 10.8. The third kappa shape index (κ3) is 3.39. The van der Waals surface area contributed by atoms with Crippen LogP contribution in [0.2, 0.25) is 0 Å². The van der Waals surface area contributed by atoms with Crippen molar-refractivity contribution in [2.24, 2.45) is 0 Å². The molecule has 2 saturated heterocycles. The van der Waals surface area contributed by atoms with Crippen molar-refractivity contribution in [1.29, 1.82) is 0 Å². The molecule has 0 radical (unpaired) electrons. The van der Waals surface area contributed by atoms with Crippen molar-refractivity contribution in [1.82, 2.24) is 24.3 Å². The van der Waals surface area contributed by atoms with Crippen molar-refractivity contribution in [3.63, 3.8) is 0 Å². The molecule has 0 saturated carbocycles. The van der Waals surface area contributed by atoms with Gasteiger partial charge in [0.2, 0.25) is 0 Å². The van der Waals surface area contributed by atoms with Gasteiger partial charge in [0.25, 0.3) is 5.91 Å². The lowest BCUT2D eigenvalue weighted by molar-refractivity contribution is 0.102. The Hall–Kier alpha value is -3.11. The van der Waals surface area contributed by atoms with Gasteiger partial charge in [0.15, 0.2) is 16.5 Å². The molecule has 1 N–H and O–H groups in total. The zero-order valence-electron chi connectivity index (χ0n) is 17.6. The van der Waals surface area contributed by atoms with E-state index in [0.717, 1.165) is 30.2 Å². The number of imidazole rings is 1. The van der Waals surface area contributed by atoms with Crippen LogP contribution in [0, 0.1) is 12.7 Å². The summed E-state index contributed by atoms with van der Waals surface area (Å²) in [4.78, 5) is 31.7. The fraction of sp³-hybridized carbons (Fsp3) is 0.364. The molecule has 6 rings (SSSR count). The second-order valence-corrected chi connectivity index (χ2v) is 9.41. The van der Waals surface area contributed by atoms with E-state index in [-0.39, 0.29) is 11.6 Å². The number of anilines is 2. The second kappa shape index (κ2) is 7.49. The molecule has 2 aliphatic heterocycles. The molecule has 1 amide bonds. The molecular formula is C22H22FN7OS. The Morgan fingerprint density at radius 2 is 2.06 bits per heavy atom. The maximum Gasteiger partial charge on any atom is 0.284 e. The van der Waals surface area contributed by atoms with Crippen LogP contribution in [0.1, 0.15) is 28.3 Å². The normalized spacial score (nSPS) is 19.1. The van der Waals surface area contributed by atoms with E-state index >= 15 is 0 Å². The standard InChI is InChI=1S/C22H22FN7OS/c1-13-10-30-11-14(9-16(23)19(30)24-13)25-20(31)22-26-17-3-4-18(27-21(17)32-22)29-8-5-15(12-29)28-6-2-7-28/h3-4,9-11,15H,2,5-8,12H2,1H3,(H,25,31). The van der Waals surface area contributed by atoms with Crippen LogP contribution in [-0.2, 0) is 0 Å². The van der Waals surface area contributed by atoms with E-state index in [1.54, 1.807) is 23.7 Å². The number of fused-ring (bicyclic) bond motifs is 2. The number of likely N-dealkylation sites (tertiary alicyclic amines) is 1. The molecule has 0 bridgehead atoms. The number of hydrogen-bond donors (Lipinski definition) is 1. The fourth-order valence-corrected chi connectivity index (χ4v) is 5.29. The highest BCUT2D eigenvalue weighted by atomic mass is 32.1. The quantitative estimate of drug-likeness (QED) is 0.513. The van der Waals surface area contributed by atoms with Gasteiger partial charge >= 0.3 is 0 Å². The number of aryl methyl sites for hydroxylation is 1. The molecule has 1 atom stereocenters. The van der Waals surface area contributed by atoms with E-state index in [0.29, 0.717) is 27.9 Å². The topological polar surface area (TPSA) is 78.7 Å². The first-order valence-corrected chi connectivity index (χ1v) is 11.6. The Morgan fingerprint density at radius 1 is 1.19 bits per heavy atom. The van der Waals surface area contributed by atoms with Crippen molar-refractivity contribution in [2.75, 3.05) is 36.4 Å². The summed E-state index contributed by atoms with van der Waals surface area (Å²) in [6.45, 7) is 6.19. The molecule has 4 aromatic heterocycles. The number of hydrogen-bond acceptors (Lipinski definition) is 7. The van der Waals surface area contributed by atoms with Crippen molar-refractivity contribution >= 4 is 44.7 Å². The molecule has 32 heavy (non-hydrogen) atoms. The lowest BCUT2D eigenvalue weighted by Crippen LogP contribution is -2.46. The number of nitrogens with one attached hydrogen (secondary N) is 1. The van der Waals surface area contributed by atoms with Crippen LogP contribution >= 0.6 is 11.3 Å². The van der Waals surface area contributed by atoms with E-state index < -0.39 is 5.82 Å². The molecule has 0 aliphatic carbocycles. The number of halogens is 1. The summed E-state index contributed by atoms with van der Waals surface area (Å²) in [5.74, 6) is 0.0527. The molecule has 1 unspecified atom stereocenters. The van der Waals surface area contributed by atoms with Crippen LogP contribution in [0.15, 0.2) is 30.6 Å². The predicted molar refractivity (Wildman–Crippen MR) is 122 cm³/mol. The lowest BCUT2D eigenvalue weighted by Gasteiger charge is -2.36. The van der Waals surface area contributed by atoms with Crippen molar-refractivity contribution in [3.05, 3.63) is 47.1 Å². The van der Waals surface area contributed by atoms with E-state index in [2.05, 4.69) is 25.1 Å². The summed E-state index contributed by atoms with van der Waals surface area (Å²) in [5.41, 5.74) is 1.97. The molecule has 2 fully saturated rings. The van der Waals surface area contributed by atoms with Crippen LogP contribution in [0.4, 0.5) is 15.9 Å². The van der Waals surface area contributed by atoms with Crippen LogP contribution in [0.5, 0.6) is 0 Å². The predicted octanol–water partition coefficient (Wildman–Crippen LogP) is 3.32. The van der Waals surface area contributed by atoms with E-state index in [4.69, 9.17) is 4.98 Å². The Balaban J connectivity index is 1.21. The Kier molecular flexibility index (Phi) is 4.58. The first kappa shape index (κ1) is 19.6. The van der Waals surface area contributed by atoms with E-state index in [1.807, 2.05) is 12.1 Å². The van der Waals surface area contributed by atoms with Crippen molar-refractivity contribution in [3.8, 4) is 0 Å². The van der Waals surface area contributed by atoms with Gasteiger partial charge in [-0.2, -0.15) is 0 Å². The number of rotatable bonds is 4. The highest BCUT2D eigenvalue weighted by molar-refractivity contribution is 7.20. The maximum atomic E-state index is 14.3. The molecule has 0 spiro atoms. The SMILES string of the molecule is Cc1cn2cc(NC(=O)c3nc4ccc(N5CCC(N6CCC6)C5)nc4s3)cc(F)c2n1. The summed E-state index contributed by atoms with van der Waals surface area (Å²) < 4.78 is 15.9. The van der Waals surface area contributed by atoms with Crippen LogP contribution < -0.4 is 10.2 Å². The summed E-state index contributed by atoms with van der Waals surface area (Å²) in [6.07, 6.45) is 5.81. The zero-order chi connectivity index (χ0) is 21.8. The van der Waals surface area contributed by atoms with Gasteiger partial charge in [-0.1, -0.05) is 11.3 Å². The van der Waals surface area contributed by atoms with Gasteiger partial charge in [0.1, 0.15) is 16.2 Å². The largest absolute Gasteiger partial charge is 0.355 e. The average molecular weight is 452 g/mol. The molecule has 2 aliphatic rings. The third-order valence-electron chi connectivity index (χ3n) is 6.21. The second-order valence-electron chi connectivity index (χ2n) is 8.43. The first-order chi connectivity index (χ1) is 15.5. The number of carbonyl (C=O) groups excluding carboxylic acids is 1. The highest BCUT2D eigenvalue weighted by Gasteiger charge is 2.31. The Labute approximate surface area is 187 Å². The summed E-state index contributed by atoms with van der Waals surface area (Å²) >= 11 is 1.25. The zero-order valence-corrected chi connectivity index (χ0v) is 18.4. The summed E-state index contributed by atoms with van der Waals surface area (Å²) in [5, 5.41) is 3.04. The third-order valence-corrected chi connectivity index (χ3v) is 7.18. The molecular weight excluding hydrogens is 429 g/mol. The maximum absolute atomic E-state index is 14.3. The van der Waals surface area contributed by atoms with Crippen molar-refractivity contribution in [2.45, 2.75) is 25.8 Å². The number of pyridine rings is 2. The Morgan fingerprint density at radius 3 is 2.88 bits per heavy atom. The minimum absolute atomic E-state index is 0.232. The van der Waals surface area contributed by atoms with Gasteiger partial charge < -0.3 is 14.6 Å². The van der Waals surface area contributed by atoms with Crippen molar-refractivity contribution < 1.29 is 9.18 Å². The number of carbonyl (C=O) groups is 1. The monoisotopic (exact) mass is 451 g/mol. The summed E-state index contributed by atoms with van der Waals surface area (Å²) in [6, 6.07) is 5.78. The number of thiazole rings is 1. The van der Waals surface area contributed by atoms with E-state index in [1.165, 1.54) is 36.9 Å². The van der Waals surface area contributed by atoms with Crippen LogP contribution in [0.25, 0.3) is 16.0 Å². The van der Waals surface area contributed by atoms with Gasteiger partial charge in [-0.25, -0.2) is 19.3 Å². The lowest BCUT2D eigenvalue weighted by atomic mass is 10.1. The molecule has 6 heterocycles. The van der Waals surface area contributed by atoms with Gasteiger partial charge in [0, 0.05) is 37.6 Å². The van der Waals surface area contributed by atoms with Gasteiger partial charge in [-0.05, 0) is 45.0 Å². The van der Waals surface area contributed by atoms with E-state index in [9.17, 15) is 9.18 Å². The molecule has 4 aromatic rings. The minimum Gasteiger partial charge on any atom is -0.355 e. The Bertz CT molecular complexity index is 1350. The average Bonchev–Trinajstić information content (AvgIpc) is 3.43. The smallest absolute Gasteiger partial charge is 0.284 e. The van der Waals surface area contributed by atoms with Gasteiger partial charge in [-0.3, -0.25) is 9.69 Å². The molecule has 0 aromatic carbocycles. The van der Waals surface area contributed by atoms with Gasteiger partial charge in [0.05, 0.1) is 11.4 Å². The van der Waals surface area contributed by atoms with Crippen LogP contribution in [-0.4, -0.2) is 62.4 Å².